The van der Waals surface area contributed by atoms with Gasteiger partial charge in [0.05, 0.1) is 19.1 Å². The number of hydrogen-bond donors (Lipinski definition) is 1. The largest absolute Gasteiger partial charge is 0.493 e. The van der Waals surface area contributed by atoms with Gasteiger partial charge in [0.2, 0.25) is 0 Å². The van der Waals surface area contributed by atoms with E-state index in [0.717, 1.165) is 38.2 Å². The second kappa shape index (κ2) is 6.14. The van der Waals surface area contributed by atoms with E-state index in [-0.39, 0.29) is 0 Å². The minimum absolute atomic E-state index is 0.364. The van der Waals surface area contributed by atoms with Gasteiger partial charge in [-0.15, -0.1) is 0 Å². The van der Waals surface area contributed by atoms with Gasteiger partial charge in [-0.25, -0.2) is 0 Å². The lowest BCUT2D eigenvalue weighted by atomic mass is 9.99. The summed E-state index contributed by atoms with van der Waals surface area (Å²) in [5.74, 6) is 1.06. The highest BCUT2D eigenvalue weighted by Gasteiger charge is 2.14. The molecule has 1 aliphatic heterocycles. The Morgan fingerprint density at radius 1 is 1.30 bits per heavy atom. The number of fused-ring (bicyclic) bond motifs is 1. The molecular formula is C17H21NO2. The smallest absolute Gasteiger partial charge is 0.122 e. The van der Waals surface area contributed by atoms with E-state index >= 15 is 0 Å². The first kappa shape index (κ1) is 13.3. The van der Waals surface area contributed by atoms with E-state index in [1.54, 1.807) is 6.26 Å². The minimum Gasteiger partial charge on any atom is -0.493 e. The molecule has 3 nitrogen and oxygen atoms in total. The van der Waals surface area contributed by atoms with Crippen LogP contribution < -0.4 is 10.1 Å². The van der Waals surface area contributed by atoms with Gasteiger partial charge in [-0.3, -0.25) is 0 Å². The van der Waals surface area contributed by atoms with Gasteiger partial charge >= 0.3 is 0 Å². The number of nitrogens with one attached hydrogen (secondary N) is 1. The second-order valence-electron chi connectivity index (χ2n) is 5.25. The molecule has 2 aromatic rings. The SMILES string of the molecule is CCNC(CCc1ccc2c(c1)CCO2)c1ccoc1. The standard InChI is InChI=1S/C17H21NO2/c1-2-18-16(15-7-9-19-12-15)5-3-13-4-6-17-14(11-13)8-10-20-17/h4,6-7,9,11-12,16,18H,2-3,5,8,10H2,1H3. The highest BCUT2D eigenvalue weighted by Crippen LogP contribution is 2.27. The van der Waals surface area contributed by atoms with E-state index in [4.69, 9.17) is 9.15 Å². The molecule has 0 aliphatic carbocycles. The van der Waals surface area contributed by atoms with Gasteiger partial charge in [-0.05, 0) is 42.6 Å². The summed E-state index contributed by atoms with van der Waals surface area (Å²) < 4.78 is 10.7. The average molecular weight is 271 g/mol. The van der Waals surface area contributed by atoms with Gasteiger partial charge in [-0.2, -0.15) is 0 Å². The summed E-state index contributed by atoms with van der Waals surface area (Å²) in [6, 6.07) is 8.99. The summed E-state index contributed by atoms with van der Waals surface area (Å²) in [7, 11) is 0. The van der Waals surface area contributed by atoms with Crippen LogP contribution in [0.25, 0.3) is 0 Å². The van der Waals surface area contributed by atoms with Gasteiger partial charge in [-0.1, -0.05) is 19.1 Å². The van der Waals surface area contributed by atoms with Gasteiger partial charge in [0.25, 0.3) is 0 Å². The first-order chi connectivity index (χ1) is 9.86. The molecule has 0 spiro atoms. The molecule has 0 saturated carbocycles. The molecule has 0 fully saturated rings. The average Bonchev–Trinajstić information content (AvgIpc) is 3.13. The number of ether oxygens (including phenoxy) is 1. The van der Waals surface area contributed by atoms with E-state index in [9.17, 15) is 0 Å². The van der Waals surface area contributed by atoms with Gasteiger partial charge in [0, 0.05) is 18.0 Å². The van der Waals surface area contributed by atoms with E-state index in [1.807, 2.05) is 12.3 Å². The van der Waals surface area contributed by atoms with E-state index < -0.39 is 0 Å². The van der Waals surface area contributed by atoms with Crippen molar-refractivity contribution in [1.29, 1.82) is 0 Å². The van der Waals surface area contributed by atoms with Crippen LogP contribution >= 0.6 is 0 Å². The fourth-order valence-electron chi connectivity index (χ4n) is 2.81. The zero-order chi connectivity index (χ0) is 13.8. The second-order valence-corrected chi connectivity index (χ2v) is 5.25. The molecule has 1 atom stereocenters. The Kier molecular flexibility index (Phi) is 4.07. The molecule has 1 unspecified atom stereocenters. The van der Waals surface area contributed by atoms with E-state index in [2.05, 4.69) is 30.4 Å². The highest BCUT2D eigenvalue weighted by atomic mass is 16.5. The Balaban J connectivity index is 1.65. The Labute approximate surface area is 119 Å². The van der Waals surface area contributed by atoms with Crippen molar-refractivity contribution in [1.82, 2.24) is 5.32 Å². The summed E-state index contributed by atoms with van der Waals surface area (Å²) in [5, 5.41) is 3.52. The summed E-state index contributed by atoms with van der Waals surface area (Å²) in [5.41, 5.74) is 3.97. The van der Waals surface area contributed by atoms with Gasteiger partial charge in [0.1, 0.15) is 5.75 Å². The van der Waals surface area contributed by atoms with Crippen LogP contribution in [0, 0.1) is 0 Å². The molecular weight excluding hydrogens is 250 g/mol. The molecule has 0 saturated heterocycles. The van der Waals surface area contributed by atoms with Crippen LogP contribution in [-0.4, -0.2) is 13.2 Å². The van der Waals surface area contributed by atoms with E-state index in [1.165, 1.54) is 16.7 Å². The van der Waals surface area contributed by atoms with Crippen LogP contribution in [0.2, 0.25) is 0 Å². The number of benzene rings is 1. The lowest BCUT2D eigenvalue weighted by molar-refractivity contribution is 0.357. The normalized spacial score (nSPS) is 14.8. The first-order valence-corrected chi connectivity index (χ1v) is 7.37. The Morgan fingerprint density at radius 2 is 2.25 bits per heavy atom. The minimum atomic E-state index is 0.364. The predicted octanol–water partition coefficient (Wildman–Crippen LogP) is 3.50. The fraction of sp³-hybridized carbons (Fsp3) is 0.412. The number of hydrogen-bond acceptors (Lipinski definition) is 3. The maximum absolute atomic E-state index is 5.55. The lowest BCUT2D eigenvalue weighted by Gasteiger charge is -2.16. The fourth-order valence-corrected chi connectivity index (χ4v) is 2.81. The molecule has 3 heteroatoms. The topological polar surface area (TPSA) is 34.4 Å². The van der Waals surface area contributed by atoms with Crippen molar-refractivity contribution >= 4 is 0 Å². The maximum Gasteiger partial charge on any atom is 0.122 e. The number of furan rings is 1. The van der Waals surface area contributed by atoms with Crippen LogP contribution in [0.1, 0.15) is 36.1 Å². The molecule has 1 aromatic carbocycles. The molecule has 1 aromatic heterocycles. The van der Waals surface area contributed by atoms with Crippen LogP contribution in [0.3, 0.4) is 0 Å². The highest BCUT2D eigenvalue weighted by molar-refractivity contribution is 5.39. The number of aryl methyl sites for hydroxylation is 1. The summed E-state index contributed by atoms with van der Waals surface area (Å²) in [6.07, 6.45) is 6.76. The van der Waals surface area contributed by atoms with Crippen molar-refractivity contribution in [3.8, 4) is 5.75 Å². The molecule has 20 heavy (non-hydrogen) atoms. The Hall–Kier alpha value is -1.74. The predicted molar refractivity (Wildman–Crippen MR) is 79.1 cm³/mol. The molecule has 1 aliphatic rings. The zero-order valence-corrected chi connectivity index (χ0v) is 11.9. The first-order valence-electron chi connectivity index (χ1n) is 7.37. The molecule has 106 valence electrons. The van der Waals surface area contributed by atoms with Gasteiger partial charge in [0.15, 0.2) is 0 Å². The van der Waals surface area contributed by atoms with Crippen molar-refractivity contribution in [3.63, 3.8) is 0 Å². The molecule has 3 rings (SSSR count). The van der Waals surface area contributed by atoms with Crippen LogP contribution in [0.5, 0.6) is 5.75 Å². The monoisotopic (exact) mass is 271 g/mol. The third-order valence-corrected chi connectivity index (χ3v) is 3.87. The Morgan fingerprint density at radius 3 is 3.05 bits per heavy atom. The number of rotatable bonds is 6. The Bertz CT molecular complexity index is 548. The summed E-state index contributed by atoms with van der Waals surface area (Å²) >= 11 is 0. The lowest BCUT2D eigenvalue weighted by Crippen LogP contribution is -2.21. The molecule has 0 amide bonds. The van der Waals surface area contributed by atoms with Crippen molar-refractivity contribution in [2.75, 3.05) is 13.2 Å². The third kappa shape index (κ3) is 2.88. The maximum atomic E-state index is 5.55. The van der Waals surface area contributed by atoms with Crippen LogP contribution in [-0.2, 0) is 12.8 Å². The summed E-state index contributed by atoms with van der Waals surface area (Å²) in [6.45, 7) is 3.93. The summed E-state index contributed by atoms with van der Waals surface area (Å²) in [4.78, 5) is 0. The van der Waals surface area contributed by atoms with Gasteiger partial charge < -0.3 is 14.5 Å². The molecule has 2 heterocycles. The van der Waals surface area contributed by atoms with Crippen molar-refractivity contribution in [3.05, 3.63) is 53.5 Å². The van der Waals surface area contributed by atoms with Crippen LogP contribution in [0.15, 0.2) is 41.2 Å². The van der Waals surface area contributed by atoms with Crippen molar-refractivity contribution in [2.45, 2.75) is 32.2 Å². The van der Waals surface area contributed by atoms with E-state index in [0.29, 0.717) is 6.04 Å². The quantitative estimate of drug-likeness (QED) is 0.873. The molecule has 0 bridgehead atoms. The van der Waals surface area contributed by atoms with Crippen molar-refractivity contribution < 1.29 is 9.15 Å². The third-order valence-electron chi connectivity index (χ3n) is 3.87. The zero-order valence-electron chi connectivity index (χ0n) is 11.9. The molecule has 1 N–H and O–H groups in total. The molecule has 0 radical (unpaired) electrons. The van der Waals surface area contributed by atoms with Crippen molar-refractivity contribution in [2.24, 2.45) is 0 Å². The van der Waals surface area contributed by atoms with Crippen LogP contribution in [0.4, 0.5) is 0 Å².